The van der Waals surface area contributed by atoms with Crippen LogP contribution in [0.15, 0.2) is 146 Å². The quantitative estimate of drug-likeness (QED) is 0.238. The maximum Gasteiger partial charge on any atom is -1.00 e. The van der Waals surface area contributed by atoms with Gasteiger partial charge in [-0.2, -0.15) is 0 Å². The SMILES string of the molecule is C[Si]1(C)C2c3ccccc3-c3c2c2[c](cccc2n3-c2ccccc2)[Zr+2][c]2cccc3c2c2c(n3-c3ccccc3)-c3ccccc3C21.[Cl-].[Cl-]. The van der Waals surface area contributed by atoms with Gasteiger partial charge in [0, 0.05) is 0 Å². The van der Waals surface area contributed by atoms with Crippen molar-refractivity contribution in [3.63, 3.8) is 0 Å². The van der Waals surface area contributed by atoms with Gasteiger partial charge in [0.05, 0.1) is 0 Å². The number of nitrogens with zero attached hydrogens (tertiary/aromatic N) is 2. The van der Waals surface area contributed by atoms with Crippen molar-refractivity contribution in [2.24, 2.45) is 0 Å². The molecule has 0 N–H and O–H groups in total. The van der Waals surface area contributed by atoms with Crippen LogP contribution in [0.2, 0.25) is 13.1 Å². The Bertz CT molecular complexity index is 2460. The number of aromatic nitrogens is 2. The van der Waals surface area contributed by atoms with Gasteiger partial charge in [-0.25, -0.2) is 0 Å². The third-order valence-corrected chi connectivity index (χ3v) is 19.0. The van der Waals surface area contributed by atoms with E-state index in [4.69, 9.17) is 0 Å². The normalized spacial score (nSPS) is 16.8. The third-order valence-electron chi connectivity index (χ3n) is 11.5. The fourth-order valence-corrected chi connectivity index (χ4v) is 17.8. The Kier molecular flexibility index (Phi) is 7.40. The first-order valence-electron chi connectivity index (χ1n) is 17.0. The number of fused-ring (bicyclic) bond motifs is 6. The Morgan fingerprint density at radius 2 is 0.860 bits per heavy atom. The topological polar surface area (TPSA) is 9.86 Å². The van der Waals surface area contributed by atoms with Gasteiger partial charge in [-0.1, -0.05) is 0 Å². The average Bonchev–Trinajstić information content (AvgIpc) is 3.84. The van der Waals surface area contributed by atoms with E-state index in [2.05, 4.69) is 168 Å². The minimum Gasteiger partial charge on any atom is -1.00 e. The molecule has 0 saturated carbocycles. The van der Waals surface area contributed by atoms with E-state index < -0.39 is 31.3 Å². The van der Waals surface area contributed by atoms with E-state index in [1.807, 2.05) is 0 Å². The van der Waals surface area contributed by atoms with E-state index in [-0.39, 0.29) is 24.8 Å². The summed E-state index contributed by atoms with van der Waals surface area (Å²) in [5.41, 5.74) is 18.0. The van der Waals surface area contributed by atoms with Crippen molar-refractivity contribution >= 4 is 36.4 Å². The monoisotopic (exact) mass is 776 g/mol. The predicted molar refractivity (Wildman–Crippen MR) is 198 cm³/mol. The van der Waals surface area contributed by atoms with Crippen LogP contribution in [-0.2, 0) is 23.2 Å². The summed E-state index contributed by atoms with van der Waals surface area (Å²) in [5.74, 6) is 0. The van der Waals surface area contributed by atoms with Crippen molar-refractivity contribution in [1.29, 1.82) is 0 Å². The van der Waals surface area contributed by atoms with E-state index in [0.29, 0.717) is 11.1 Å². The Morgan fingerprint density at radius 1 is 0.460 bits per heavy atom. The molecular weight excluding hydrogens is 747 g/mol. The zero-order valence-electron chi connectivity index (χ0n) is 27.7. The minimum atomic E-state index is -2.26. The second kappa shape index (κ2) is 11.6. The van der Waals surface area contributed by atoms with Crippen molar-refractivity contribution in [2.75, 3.05) is 0 Å². The molecule has 11 rings (SSSR count). The van der Waals surface area contributed by atoms with Crippen molar-refractivity contribution in [2.45, 2.75) is 24.2 Å². The van der Waals surface area contributed by atoms with E-state index in [9.17, 15) is 0 Å². The molecule has 8 aromatic rings. The van der Waals surface area contributed by atoms with Gasteiger partial charge in [0.15, 0.2) is 0 Å². The molecule has 6 aromatic carbocycles. The molecule has 50 heavy (non-hydrogen) atoms. The van der Waals surface area contributed by atoms with Crippen LogP contribution in [0.1, 0.15) is 33.3 Å². The summed E-state index contributed by atoms with van der Waals surface area (Å²) in [4.78, 5) is 0. The van der Waals surface area contributed by atoms with E-state index in [0.717, 1.165) is 0 Å². The van der Waals surface area contributed by atoms with Crippen LogP contribution < -0.4 is 31.4 Å². The molecule has 0 fully saturated rings. The van der Waals surface area contributed by atoms with Crippen LogP contribution >= 0.6 is 0 Å². The molecule has 2 aromatic heterocycles. The molecule has 2 aliphatic carbocycles. The summed E-state index contributed by atoms with van der Waals surface area (Å²) < 4.78 is 8.43. The second-order valence-electron chi connectivity index (χ2n) is 14.3. The van der Waals surface area contributed by atoms with Crippen LogP contribution in [0, 0.1) is 0 Å². The fraction of sp³-hybridized carbons (Fsp3) is 0.0909. The molecule has 2 nitrogen and oxygen atoms in total. The molecule has 0 amide bonds. The molecule has 3 heterocycles. The first-order chi connectivity index (χ1) is 23.6. The van der Waals surface area contributed by atoms with Gasteiger partial charge in [0.1, 0.15) is 0 Å². The van der Waals surface area contributed by atoms with Crippen LogP contribution in [0.3, 0.4) is 0 Å². The number of hydrogen-bond donors (Lipinski definition) is 0. The van der Waals surface area contributed by atoms with Crippen LogP contribution in [0.5, 0.6) is 0 Å². The molecule has 2 atom stereocenters. The number of hydrogen-bond acceptors (Lipinski definition) is 0. The Hall–Kier alpha value is -3.92. The average molecular weight is 779 g/mol. The minimum absolute atomic E-state index is 0. The molecule has 6 heteroatoms. The van der Waals surface area contributed by atoms with Gasteiger partial charge in [0.2, 0.25) is 0 Å². The van der Waals surface area contributed by atoms with Crippen molar-refractivity contribution in [1.82, 2.24) is 9.13 Å². The Balaban J connectivity index is 0.00000168. The van der Waals surface area contributed by atoms with Gasteiger partial charge < -0.3 is 24.8 Å². The molecule has 3 aliphatic rings. The summed E-state index contributed by atoms with van der Waals surface area (Å²) in [6.07, 6.45) is 0. The van der Waals surface area contributed by atoms with Gasteiger partial charge in [-0.15, -0.1) is 0 Å². The molecule has 240 valence electrons. The molecule has 0 bridgehead atoms. The van der Waals surface area contributed by atoms with Crippen LogP contribution in [-0.4, -0.2) is 17.2 Å². The summed E-state index contributed by atoms with van der Waals surface area (Å²) in [6, 6.07) is 55.5. The van der Waals surface area contributed by atoms with Crippen molar-refractivity contribution in [3.05, 3.63) is 168 Å². The van der Waals surface area contributed by atoms with Gasteiger partial charge in [0.25, 0.3) is 0 Å². The number of rotatable bonds is 2. The largest absolute Gasteiger partial charge is 1.00 e. The van der Waals surface area contributed by atoms with E-state index in [1.54, 1.807) is 28.4 Å². The molecule has 0 radical (unpaired) electrons. The standard InChI is InChI=1S/C44H32N2Si.2ClH.Zr/c1-47(2,43-33-23-11-9-21-31(33)41-39(43)35-25-13-15-27-37(35)45(41)29-17-5-3-6-18-29)44-34-24-12-10-22-32(34)42-40(44)36-26-14-16-28-38(36)46(42)30-19-7-4-8-20-30;;;/h3-24,27-28,43-44H,1-2H3;2*1H;/q;;;+2/p-2. The van der Waals surface area contributed by atoms with Gasteiger partial charge in [-0.05, 0) is 0 Å². The smallest absolute Gasteiger partial charge is 1.00 e. The van der Waals surface area contributed by atoms with E-state index >= 15 is 0 Å². The first-order valence-corrected chi connectivity index (χ1v) is 22.7. The van der Waals surface area contributed by atoms with Crippen LogP contribution in [0.4, 0.5) is 0 Å². The summed E-state index contributed by atoms with van der Waals surface area (Å²) in [5, 5.41) is 3.08. The van der Waals surface area contributed by atoms with Gasteiger partial charge in [-0.3, -0.25) is 0 Å². The third kappa shape index (κ3) is 4.05. The maximum atomic E-state index is 2.71. The number of benzene rings is 6. The molecule has 2 unspecified atom stereocenters. The van der Waals surface area contributed by atoms with Gasteiger partial charge >= 0.3 is 295 Å². The summed E-state index contributed by atoms with van der Waals surface area (Å²) in [6.45, 7) is 5.43. The summed E-state index contributed by atoms with van der Waals surface area (Å²) in [7, 11) is -2.26. The maximum absolute atomic E-state index is 2.71. The second-order valence-corrected chi connectivity index (χ2v) is 22.3. The Morgan fingerprint density at radius 3 is 1.30 bits per heavy atom. The number of para-hydroxylation sites is 2. The fourth-order valence-electron chi connectivity index (χ4n) is 9.83. The zero-order chi connectivity index (χ0) is 31.7. The van der Waals surface area contributed by atoms with Crippen molar-refractivity contribution < 1.29 is 48.0 Å². The van der Waals surface area contributed by atoms with Crippen LogP contribution in [0.25, 0.3) is 55.7 Å². The zero-order valence-corrected chi connectivity index (χ0v) is 32.6. The molecule has 1 aliphatic heterocycles. The molecule has 0 saturated heterocycles. The summed E-state index contributed by atoms with van der Waals surface area (Å²) >= 11 is -1.27. The number of halogens is 2. The van der Waals surface area contributed by atoms with E-state index in [1.165, 1.54) is 56.0 Å². The Labute approximate surface area is 317 Å². The molecular formula is C44H32Cl2N2SiZr. The van der Waals surface area contributed by atoms with Crippen molar-refractivity contribution in [3.8, 4) is 33.9 Å². The predicted octanol–water partition coefficient (Wildman–Crippen LogP) is 3.64. The first kappa shape index (κ1) is 32.0. The molecule has 0 spiro atoms.